The predicted octanol–water partition coefficient (Wildman–Crippen LogP) is 3.37. The summed E-state index contributed by atoms with van der Waals surface area (Å²) in [4.78, 5) is 12.5. The number of hydrogen-bond acceptors (Lipinski definition) is 2. The summed E-state index contributed by atoms with van der Waals surface area (Å²) in [6.07, 6.45) is 2.63. The molecule has 0 aromatic heterocycles. The summed E-state index contributed by atoms with van der Waals surface area (Å²) in [7, 11) is 0. The van der Waals surface area contributed by atoms with Gasteiger partial charge >= 0.3 is 0 Å². The van der Waals surface area contributed by atoms with E-state index in [4.69, 9.17) is 11.6 Å². The molecule has 0 bridgehead atoms. The van der Waals surface area contributed by atoms with Crippen LogP contribution < -0.4 is 5.32 Å². The van der Waals surface area contributed by atoms with E-state index in [0.717, 1.165) is 32.4 Å². The molecule has 19 heavy (non-hydrogen) atoms. The number of Topliss-reactive ketones (excluding diaryl/α,β-unsaturated/α-hetero) is 1. The summed E-state index contributed by atoms with van der Waals surface area (Å²) in [6.45, 7) is 3.76. The van der Waals surface area contributed by atoms with Gasteiger partial charge in [0.1, 0.15) is 11.6 Å². The smallest absolute Gasteiger partial charge is 0.145 e. The van der Waals surface area contributed by atoms with Crippen molar-refractivity contribution >= 4 is 17.4 Å². The Balaban J connectivity index is 2.17. The Morgan fingerprint density at radius 3 is 2.74 bits per heavy atom. The molecule has 0 spiro atoms. The first-order valence-corrected chi connectivity index (χ1v) is 7.14. The molecule has 104 valence electrons. The zero-order valence-electron chi connectivity index (χ0n) is 11.1. The van der Waals surface area contributed by atoms with Crippen LogP contribution in [0.3, 0.4) is 0 Å². The van der Waals surface area contributed by atoms with Gasteiger partial charge in [-0.1, -0.05) is 30.7 Å². The first kappa shape index (κ1) is 14.5. The molecule has 4 heteroatoms. The number of benzene rings is 1. The molecule has 0 radical (unpaired) electrons. The van der Waals surface area contributed by atoms with Crippen molar-refractivity contribution in [2.45, 2.75) is 32.6 Å². The SMILES string of the molecule is CCC1(C(=O)Cc2cccc(Cl)c2F)CCNCC1. The highest BCUT2D eigenvalue weighted by Gasteiger charge is 2.37. The number of carbonyl (C=O) groups excluding carboxylic acids is 1. The van der Waals surface area contributed by atoms with Crippen molar-refractivity contribution in [1.29, 1.82) is 0 Å². The Bertz CT molecular complexity index is 469. The van der Waals surface area contributed by atoms with Crippen LogP contribution in [0.15, 0.2) is 18.2 Å². The summed E-state index contributed by atoms with van der Waals surface area (Å²) in [5.41, 5.74) is 0.115. The Labute approximate surface area is 118 Å². The van der Waals surface area contributed by atoms with Crippen molar-refractivity contribution in [2.75, 3.05) is 13.1 Å². The van der Waals surface area contributed by atoms with Crippen molar-refractivity contribution in [3.63, 3.8) is 0 Å². The largest absolute Gasteiger partial charge is 0.317 e. The molecular formula is C15H19ClFNO. The lowest BCUT2D eigenvalue weighted by molar-refractivity contribution is -0.129. The summed E-state index contributed by atoms with van der Waals surface area (Å²) >= 11 is 5.76. The molecule has 0 amide bonds. The Hall–Kier alpha value is -0.930. The van der Waals surface area contributed by atoms with Gasteiger partial charge in [-0.25, -0.2) is 4.39 Å². The van der Waals surface area contributed by atoms with E-state index < -0.39 is 5.82 Å². The Morgan fingerprint density at radius 2 is 2.11 bits per heavy atom. The highest BCUT2D eigenvalue weighted by molar-refractivity contribution is 6.30. The molecule has 0 saturated carbocycles. The standard InChI is InChI=1S/C15H19ClFNO/c1-2-15(6-8-18-9-7-15)13(19)10-11-4-3-5-12(16)14(11)17/h3-5,18H,2,6-10H2,1H3. The number of rotatable bonds is 4. The predicted molar refractivity (Wildman–Crippen MR) is 74.9 cm³/mol. The quantitative estimate of drug-likeness (QED) is 0.918. The van der Waals surface area contributed by atoms with Gasteiger partial charge < -0.3 is 5.32 Å². The lowest BCUT2D eigenvalue weighted by atomic mass is 9.71. The minimum atomic E-state index is -0.460. The topological polar surface area (TPSA) is 29.1 Å². The van der Waals surface area contributed by atoms with Crippen LogP contribution in [-0.4, -0.2) is 18.9 Å². The van der Waals surface area contributed by atoms with Gasteiger partial charge in [-0.15, -0.1) is 0 Å². The van der Waals surface area contributed by atoms with E-state index >= 15 is 0 Å². The molecule has 2 rings (SSSR count). The number of piperidine rings is 1. The van der Waals surface area contributed by atoms with Crippen molar-refractivity contribution in [2.24, 2.45) is 5.41 Å². The summed E-state index contributed by atoms with van der Waals surface area (Å²) < 4.78 is 13.9. The number of nitrogens with one attached hydrogen (secondary N) is 1. The first-order valence-electron chi connectivity index (χ1n) is 6.76. The van der Waals surface area contributed by atoms with Gasteiger partial charge in [0.05, 0.1) is 5.02 Å². The number of carbonyl (C=O) groups is 1. The number of halogens is 2. The second-order valence-corrected chi connectivity index (χ2v) is 5.60. The zero-order chi connectivity index (χ0) is 13.9. The van der Waals surface area contributed by atoms with Gasteiger partial charge in [-0.05, 0) is 44.0 Å². The van der Waals surface area contributed by atoms with Crippen LogP contribution in [0.5, 0.6) is 0 Å². The van der Waals surface area contributed by atoms with Gasteiger partial charge in [0.15, 0.2) is 0 Å². The van der Waals surface area contributed by atoms with Crippen LogP contribution in [0, 0.1) is 11.2 Å². The molecule has 0 atom stereocenters. The van der Waals surface area contributed by atoms with Gasteiger partial charge in [-0.2, -0.15) is 0 Å². The lowest BCUT2D eigenvalue weighted by Crippen LogP contribution is -2.42. The van der Waals surface area contributed by atoms with E-state index in [1.807, 2.05) is 6.92 Å². The van der Waals surface area contributed by atoms with Gasteiger partial charge in [0.2, 0.25) is 0 Å². The van der Waals surface area contributed by atoms with Crippen LogP contribution in [0.4, 0.5) is 4.39 Å². The molecule has 1 aliphatic rings. The van der Waals surface area contributed by atoms with E-state index in [9.17, 15) is 9.18 Å². The summed E-state index contributed by atoms with van der Waals surface area (Å²) in [5.74, 6) is -0.324. The molecule has 1 aromatic carbocycles. The fourth-order valence-corrected chi connectivity index (χ4v) is 2.97. The highest BCUT2D eigenvalue weighted by Crippen LogP contribution is 2.35. The van der Waals surface area contributed by atoms with Crippen LogP contribution in [-0.2, 0) is 11.2 Å². The molecule has 1 heterocycles. The Kier molecular flexibility index (Phi) is 4.58. The molecular weight excluding hydrogens is 265 g/mol. The fraction of sp³-hybridized carbons (Fsp3) is 0.533. The van der Waals surface area contributed by atoms with Crippen LogP contribution in [0.2, 0.25) is 5.02 Å². The average molecular weight is 284 g/mol. The van der Waals surface area contributed by atoms with Gasteiger partial charge in [0.25, 0.3) is 0 Å². The molecule has 2 nitrogen and oxygen atoms in total. The second kappa shape index (κ2) is 6.02. The molecule has 0 unspecified atom stereocenters. The van der Waals surface area contributed by atoms with Crippen LogP contribution in [0.1, 0.15) is 31.7 Å². The Morgan fingerprint density at radius 1 is 1.42 bits per heavy atom. The monoisotopic (exact) mass is 283 g/mol. The lowest BCUT2D eigenvalue weighted by Gasteiger charge is -2.35. The fourth-order valence-electron chi connectivity index (χ4n) is 2.78. The van der Waals surface area contributed by atoms with E-state index in [-0.39, 0.29) is 22.6 Å². The minimum Gasteiger partial charge on any atom is -0.317 e. The summed E-state index contributed by atoms with van der Waals surface area (Å²) in [6, 6.07) is 4.84. The van der Waals surface area contributed by atoms with Gasteiger partial charge in [0, 0.05) is 11.8 Å². The van der Waals surface area contributed by atoms with Gasteiger partial charge in [-0.3, -0.25) is 4.79 Å². The molecule has 0 aliphatic carbocycles. The van der Waals surface area contributed by atoms with Crippen molar-refractivity contribution in [3.05, 3.63) is 34.6 Å². The minimum absolute atomic E-state index is 0.0844. The molecule has 1 N–H and O–H groups in total. The van der Waals surface area contributed by atoms with Crippen LogP contribution >= 0.6 is 11.6 Å². The summed E-state index contributed by atoms with van der Waals surface area (Å²) in [5, 5.41) is 3.35. The molecule has 1 saturated heterocycles. The maximum Gasteiger partial charge on any atom is 0.145 e. The normalized spacial score (nSPS) is 18.3. The molecule has 1 fully saturated rings. The van der Waals surface area contributed by atoms with Crippen molar-refractivity contribution in [3.8, 4) is 0 Å². The maximum atomic E-state index is 13.9. The number of ketones is 1. The van der Waals surface area contributed by atoms with E-state index in [1.165, 1.54) is 6.07 Å². The highest BCUT2D eigenvalue weighted by atomic mass is 35.5. The third-order valence-corrected chi connectivity index (χ3v) is 4.50. The third kappa shape index (κ3) is 2.98. The zero-order valence-corrected chi connectivity index (χ0v) is 11.9. The van der Waals surface area contributed by atoms with Crippen LogP contribution in [0.25, 0.3) is 0 Å². The van der Waals surface area contributed by atoms with Crippen molar-refractivity contribution in [1.82, 2.24) is 5.32 Å². The third-order valence-electron chi connectivity index (χ3n) is 4.21. The maximum absolute atomic E-state index is 13.9. The molecule has 1 aromatic rings. The molecule has 1 aliphatic heterocycles. The van der Waals surface area contributed by atoms with Crippen molar-refractivity contribution < 1.29 is 9.18 Å². The average Bonchev–Trinajstić information content (AvgIpc) is 2.44. The van der Waals surface area contributed by atoms with E-state index in [1.54, 1.807) is 12.1 Å². The second-order valence-electron chi connectivity index (χ2n) is 5.20. The van der Waals surface area contributed by atoms with E-state index in [0.29, 0.717) is 5.56 Å². The first-order chi connectivity index (χ1) is 9.09. The number of hydrogen-bond donors (Lipinski definition) is 1. The van der Waals surface area contributed by atoms with E-state index in [2.05, 4.69) is 5.32 Å².